The Bertz CT molecular complexity index is 416. The molecular formula is C12H16N2O3. The zero-order chi connectivity index (χ0) is 12.8. The topological polar surface area (TPSA) is 79.3 Å². The van der Waals surface area contributed by atoms with E-state index in [1.807, 2.05) is 0 Å². The third kappa shape index (κ3) is 3.86. The van der Waals surface area contributed by atoms with Crippen molar-refractivity contribution in [3.8, 4) is 0 Å². The van der Waals surface area contributed by atoms with Crippen molar-refractivity contribution >= 4 is 11.9 Å². The van der Waals surface area contributed by atoms with Crippen molar-refractivity contribution in [2.24, 2.45) is 5.92 Å². The van der Waals surface area contributed by atoms with Crippen LogP contribution in [0.2, 0.25) is 0 Å². The van der Waals surface area contributed by atoms with E-state index in [9.17, 15) is 9.59 Å². The summed E-state index contributed by atoms with van der Waals surface area (Å²) in [5, 5.41) is 11.6. The lowest BCUT2D eigenvalue weighted by Crippen LogP contribution is -2.28. The Balaban J connectivity index is 2.72. The van der Waals surface area contributed by atoms with Crippen LogP contribution in [-0.2, 0) is 0 Å². The van der Waals surface area contributed by atoms with Crippen molar-refractivity contribution in [2.75, 3.05) is 6.54 Å². The van der Waals surface area contributed by atoms with Crippen LogP contribution in [0.1, 0.15) is 41.1 Å². The SMILES string of the molecule is CC(C)CCNC(=O)c1ncccc1C(=O)O. The number of carbonyl (C=O) groups is 2. The quantitative estimate of drug-likeness (QED) is 0.813. The van der Waals surface area contributed by atoms with E-state index in [1.165, 1.54) is 18.3 Å². The predicted molar refractivity (Wildman–Crippen MR) is 63.0 cm³/mol. The Morgan fingerprint density at radius 3 is 2.76 bits per heavy atom. The number of rotatable bonds is 5. The molecule has 0 aliphatic rings. The largest absolute Gasteiger partial charge is 0.478 e. The Morgan fingerprint density at radius 1 is 1.47 bits per heavy atom. The molecular weight excluding hydrogens is 220 g/mol. The molecule has 0 fully saturated rings. The summed E-state index contributed by atoms with van der Waals surface area (Å²) in [5.74, 6) is -1.10. The smallest absolute Gasteiger partial charge is 0.338 e. The first-order chi connectivity index (χ1) is 8.02. The summed E-state index contributed by atoms with van der Waals surface area (Å²) in [7, 11) is 0. The van der Waals surface area contributed by atoms with Gasteiger partial charge in [0.05, 0.1) is 5.56 Å². The Morgan fingerprint density at radius 2 is 2.18 bits per heavy atom. The van der Waals surface area contributed by atoms with E-state index in [0.29, 0.717) is 12.5 Å². The van der Waals surface area contributed by atoms with Crippen molar-refractivity contribution < 1.29 is 14.7 Å². The molecule has 1 aromatic heterocycles. The highest BCUT2D eigenvalue weighted by molar-refractivity contribution is 6.03. The van der Waals surface area contributed by atoms with Gasteiger partial charge in [0.25, 0.3) is 5.91 Å². The number of aromatic nitrogens is 1. The van der Waals surface area contributed by atoms with E-state index in [2.05, 4.69) is 24.1 Å². The molecule has 5 nitrogen and oxygen atoms in total. The molecule has 0 saturated heterocycles. The molecule has 0 unspecified atom stereocenters. The fourth-order valence-electron chi connectivity index (χ4n) is 1.32. The molecule has 0 aliphatic carbocycles. The van der Waals surface area contributed by atoms with E-state index >= 15 is 0 Å². The number of pyridine rings is 1. The molecule has 1 rings (SSSR count). The van der Waals surface area contributed by atoms with E-state index in [4.69, 9.17) is 5.11 Å². The van der Waals surface area contributed by atoms with Crippen molar-refractivity contribution in [3.05, 3.63) is 29.6 Å². The van der Waals surface area contributed by atoms with Gasteiger partial charge in [0.2, 0.25) is 0 Å². The van der Waals surface area contributed by atoms with Crippen LogP contribution >= 0.6 is 0 Å². The van der Waals surface area contributed by atoms with Crippen LogP contribution in [0.25, 0.3) is 0 Å². The molecule has 0 aliphatic heterocycles. The highest BCUT2D eigenvalue weighted by Crippen LogP contribution is 2.05. The second-order valence-corrected chi connectivity index (χ2v) is 4.14. The molecule has 92 valence electrons. The number of carbonyl (C=O) groups excluding carboxylic acids is 1. The second-order valence-electron chi connectivity index (χ2n) is 4.14. The first-order valence-corrected chi connectivity index (χ1v) is 5.49. The summed E-state index contributed by atoms with van der Waals surface area (Å²) >= 11 is 0. The van der Waals surface area contributed by atoms with Gasteiger partial charge in [-0.25, -0.2) is 4.79 Å². The van der Waals surface area contributed by atoms with Gasteiger partial charge in [-0.2, -0.15) is 0 Å². The van der Waals surface area contributed by atoms with Crippen molar-refractivity contribution in [1.29, 1.82) is 0 Å². The van der Waals surface area contributed by atoms with E-state index in [0.717, 1.165) is 6.42 Å². The van der Waals surface area contributed by atoms with Gasteiger partial charge in [0.15, 0.2) is 0 Å². The van der Waals surface area contributed by atoms with Crippen LogP contribution in [0.15, 0.2) is 18.3 Å². The third-order valence-electron chi connectivity index (χ3n) is 2.26. The lowest BCUT2D eigenvalue weighted by molar-refractivity contribution is 0.0690. The molecule has 0 spiro atoms. The minimum Gasteiger partial charge on any atom is -0.478 e. The number of hydrogen-bond acceptors (Lipinski definition) is 3. The van der Waals surface area contributed by atoms with Gasteiger partial charge >= 0.3 is 5.97 Å². The van der Waals surface area contributed by atoms with Gasteiger partial charge in [0, 0.05) is 12.7 Å². The van der Waals surface area contributed by atoms with Crippen molar-refractivity contribution in [3.63, 3.8) is 0 Å². The van der Waals surface area contributed by atoms with Gasteiger partial charge in [-0.15, -0.1) is 0 Å². The third-order valence-corrected chi connectivity index (χ3v) is 2.26. The first-order valence-electron chi connectivity index (χ1n) is 5.49. The minimum absolute atomic E-state index is 0.0382. The minimum atomic E-state index is -1.15. The Kier molecular flexibility index (Phi) is 4.63. The number of aromatic carboxylic acids is 1. The number of carboxylic acids is 1. The summed E-state index contributed by atoms with van der Waals surface area (Å²) in [6, 6.07) is 2.86. The lowest BCUT2D eigenvalue weighted by Gasteiger charge is -2.08. The highest BCUT2D eigenvalue weighted by atomic mass is 16.4. The number of carboxylic acid groups (broad SMARTS) is 1. The normalized spacial score (nSPS) is 10.3. The maximum absolute atomic E-state index is 11.7. The average molecular weight is 236 g/mol. The molecule has 0 aromatic carbocycles. The number of nitrogens with one attached hydrogen (secondary N) is 1. The maximum Gasteiger partial charge on any atom is 0.338 e. The Hall–Kier alpha value is -1.91. The summed E-state index contributed by atoms with van der Waals surface area (Å²) < 4.78 is 0. The van der Waals surface area contributed by atoms with Crippen molar-refractivity contribution in [2.45, 2.75) is 20.3 Å². The zero-order valence-electron chi connectivity index (χ0n) is 9.93. The molecule has 0 atom stereocenters. The van der Waals surface area contributed by atoms with Crippen LogP contribution in [0.4, 0.5) is 0 Å². The summed E-state index contributed by atoms with van der Waals surface area (Å²) in [6.45, 7) is 4.62. The predicted octanol–water partition coefficient (Wildman–Crippen LogP) is 1.56. The molecule has 1 heterocycles. The molecule has 0 bridgehead atoms. The number of amides is 1. The molecule has 0 saturated carbocycles. The standard InChI is InChI=1S/C12H16N2O3/c1-8(2)5-7-14-11(15)10-9(12(16)17)4-3-6-13-10/h3-4,6,8H,5,7H2,1-2H3,(H,14,15)(H,16,17). The van der Waals surface area contributed by atoms with Gasteiger partial charge in [0.1, 0.15) is 5.69 Å². The van der Waals surface area contributed by atoms with Gasteiger partial charge in [-0.1, -0.05) is 13.8 Å². The van der Waals surface area contributed by atoms with Gasteiger partial charge in [-0.05, 0) is 24.5 Å². The summed E-state index contributed by atoms with van der Waals surface area (Å²) in [6.07, 6.45) is 2.25. The second kappa shape index (κ2) is 5.98. The highest BCUT2D eigenvalue weighted by Gasteiger charge is 2.16. The van der Waals surface area contributed by atoms with Crippen LogP contribution < -0.4 is 5.32 Å². The van der Waals surface area contributed by atoms with Crippen LogP contribution in [0.3, 0.4) is 0 Å². The van der Waals surface area contributed by atoms with E-state index in [-0.39, 0.29) is 11.3 Å². The molecule has 0 radical (unpaired) electrons. The average Bonchev–Trinajstić information content (AvgIpc) is 2.28. The molecule has 5 heteroatoms. The van der Waals surface area contributed by atoms with Gasteiger partial charge < -0.3 is 10.4 Å². The van der Waals surface area contributed by atoms with Gasteiger partial charge in [-0.3, -0.25) is 9.78 Å². The lowest BCUT2D eigenvalue weighted by atomic mass is 10.1. The Labute approximate surface area is 99.9 Å². The van der Waals surface area contributed by atoms with Crippen molar-refractivity contribution in [1.82, 2.24) is 10.3 Å². The molecule has 2 N–H and O–H groups in total. The van der Waals surface area contributed by atoms with Crippen LogP contribution in [-0.4, -0.2) is 28.5 Å². The van der Waals surface area contributed by atoms with Crippen LogP contribution in [0, 0.1) is 5.92 Å². The maximum atomic E-state index is 11.7. The number of nitrogens with zero attached hydrogens (tertiary/aromatic N) is 1. The zero-order valence-corrected chi connectivity index (χ0v) is 9.93. The first kappa shape index (κ1) is 13.2. The fraction of sp³-hybridized carbons (Fsp3) is 0.417. The number of hydrogen-bond donors (Lipinski definition) is 2. The molecule has 1 aromatic rings. The fourth-order valence-corrected chi connectivity index (χ4v) is 1.32. The van der Waals surface area contributed by atoms with Crippen LogP contribution in [0.5, 0.6) is 0 Å². The molecule has 17 heavy (non-hydrogen) atoms. The molecule has 1 amide bonds. The summed E-state index contributed by atoms with van der Waals surface area (Å²) in [4.78, 5) is 26.4. The monoisotopic (exact) mass is 236 g/mol. The summed E-state index contributed by atoms with van der Waals surface area (Å²) in [5.41, 5.74) is -0.113. The van der Waals surface area contributed by atoms with E-state index < -0.39 is 11.9 Å². The van der Waals surface area contributed by atoms with E-state index in [1.54, 1.807) is 0 Å².